The Morgan fingerprint density at radius 2 is 1.81 bits per heavy atom. The van der Waals surface area contributed by atoms with Crippen LogP contribution in [-0.4, -0.2) is 64.9 Å². The minimum Gasteiger partial charge on any atom is -0.385 e. The van der Waals surface area contributed by atoms with Gasteiger partial charge in [-0.2, -0.15) is 0 Å². The Morgan fingerprint density at radius 1 is 1.19 bits per heavy atom. The predicted octanol–water partition coefficient (Wildman–Crippen LogP) is 0.107. The summed E-state index contributed by atoms with van der Waals surface area (Å²) in [6.07, 6.45) is 1.81. The Hall–Kier alpha value is -0.650. The van der Waals surface area contributed by atoms with Crippen LogP contribution in [0.5, 0.6) is 0 Å². The van der Waals surface area contributed by atoms with Gasteiger partial charge in [0.15, 0.2) is 0 Å². The van der Waals surface area contributed by atoms with Crippen LogP contribution in [0.3, 0.4) is 0 Å². The quantitative estimate of drug-likeness (QED) is 0.543. The van der Waals surface area contributed by atoms with Crippen LogP contribution in [0.15, 0.2) is 0 Å². The Labute approximate surface area is 98.1 Å². The van der Waals surface area contributed by atoms with E-state index in [1.54, 1.807) is 14.2 Å². The average molecular weight is 232 g/mol. The maximum absolute atomic E-state index is 11.4. The van der Waals surface area contributed by atoms with Gasteiger partial charge in [0.25, 0.3) is 0 Å². The normalized spacial score (nSPS) is 10.8. The minimum atomic E-state index is 0.0658. The highest BCUT2D eigenvalue weighted by Crippen LogP contribution is 1.88. The van der Waals surface area contributed by atoms with Crippen molar-refractivity contribution in [2.45, 2.75) is 12.8 Å². The summed E-state index contributed by atoms with van der Waals surface area (Å²) in [5, 5.41) is 2.85. The number of amides is 1. The van der Waals surface area contributed by atoms with Gasteiger partial charge < -0.3 is 14.8 Å². The molecule has 0 bridgehead atoms. The van der Waals surface area contributed by atoms with Gasteiger partial charge in [-0.15, -0.1) is 0 Å². The van der Waals surface area contributed by atoms with Crippen molar-refractivity contribution in [2.24, 2.45) is 0 Å². The molecule has 5 heteroatoms. The fourth-order valence-corrected chi connectivity index (χ4v) is 1.30. The third kappa shape index (κ3) is 9.89. The van der Waals surface area contributed by atoms with Crippen molar-refractivity contribution < 1.29 is 14.3 Å². The molecule has 0 fully saturated rings. The summed E-state index contributed by atoms with van der Waals surface area (Å²) in [5.41, 5.74) is 0. The molecule has 0 heterocycles. The molecule has 0 atom stereocenters. The van der Waals surface area contributed by atoms with Gasteiger partial charge >= 0.3 is 0 Å². The molecule has 0 aromatic carbocycles. The summed E-state index contributed by atoms with van der Waals surface area (Å²) >= 11 is 0. The van der Waals surface area contributed by atoms with E-state index in [1.165, 1.54) is 0 Å². The third-order valence-corrected chi connectivity index (χ3v) is 2.15. The largest absolute Gasteiger partial charge is 0.385 e. The molecular formula is C11H24N2O3. The minimum absolute atomic E-state index is 0.0658. The van der Waals surface area contributed by atoms with Crippen LogP contribution in [0.2, 0.25) is 0 Å². The molecular weight excluding hydrogens is 208 g/mol. The van der Waals surface area contributed by atoms with Gasteiger partial charge in [-0.3, -0.25) is 9.69 Å². The second-order valence-electron chi connectivity index (χ2n) is 3.78. The number of hydrogen-bond acceptors (Lipinski definition) is 4. The van der Waals surface area contributed by atoms with Crippen LogP contribution >= 0.6 is 0 Å². The molecule has 0 aliphatic carbocycles. The van der Waals surface area contributed by atoms with Crippen molar-refractivity contribution >= 4 is 5.91 Å². The first-order chi connectivity index (χ1) is 7.70. The number of nitrogens with one attached hydrogen (secondary N) is 1. The summed E-state index contributed by atoms with van der Waals surface area (Å²) in [6.45, 7) is 3.42. The maximum atomic E-state index is 11.4. The first-order valence-corrected chi connectivity index (χ1v) is 5.63. The molecule has 0 saturated heterocycles. The number of rotatable bonds is 10. The fourth-order valence-electron chi connectivity index (χ4n) is 1.30. The number of nitrogens with zero attached hydrogens (tertiary/aromatic N) is 1. The van der Waals surface area contributed by atoms with E-state index in [1.807, 2.05) is 11.9 Å². The lowest BCUT2D eigenvalue weighted by Gasteiger charge is -2.15. The highest BCUT2D eigenvalue weighted by molar-refractivity contribution is 5.77. The molecule has 0 unspecified atom stereocenters. The van der Waals surface area contributed by atoms with Gasteiger partial charge in [-0.05, 0) is 19.9 Å². The lowest BCUT2D eigenvalue weighted by molar-refractivity contribution is -0.122. The van der Waals surface area contributed by atoms with Crippen molar-refractivity contribution in [3.05, 3.63) is 0 Å². The number of hydrogen-bond donors (Lipinski definition) is 1. The molecule has 0 spiro atoms. The van der Waals surface area contributed by atoms with Gasteiger partial charge in [0, 0.05) is 40.5 Å². The van der Waals surface area contributed by atoms with Crippen LogP contribution in [0.25, 0.3) is 0 Å². The summed E-state index contributed by atoms with van der Waals surface area (Å²) in [7, 11) is 5.28. The van der Waals surface area contributed by atoms with Gasteiger partial charge in [0.2, 0.25) is 5.91 Å². The second-order valence-corrected chi connectivity index (χ2v) is 3.78. The topological polar surface area (TPSA) is 50.8 Å². The van der Waals surface area contributed by atoms with Crippen LogP contribution in [0.4, 0.5) is 0 Å². The summed E-state index contributed by atoms with van der Waals surface area (Å²) in [4.78, 5) is 13.4. The molecule has 1 amide bonds. The van der Waals surface area contributed by atoms with E-state index >= 15 is 0 Å². The summed E-state index contributed by atoms with van der Waals surface area (Å²) < 4.78 is 9.84. The van der Waals surface area contributed by atoms with Crippen molar-refractivity contribution in [2.75, 3.05) is 54.1 Å². The van der Waals surface area contributed by atoms with E-state index < -0.39 is 0 Å². The lowest BCUT2D eigenvalue weighted by Crippen LogP contribution is -2.36. The highest BCUT2D eigenvalue weighted by atomic mass is 16.5. The molecule has 0 aliphatic heterocycles. The smallest absolute Gasteiger partial charge is 0.234 e. The summed E-state index contributed by atoms with van der Waals surface area (Å²) in [5.74, 6) is 0.0658. The highest BCUT2D eigenvalue weighted by Gasteiger charge is 2.04. The number of methoxy groups -OCH3 is 2. The Morgan fingerprint density at radius 3 is 2.44 bits per heavy atom. The zero-order chi connectivity index (χ0) is 12.2. The van der Waals surface area contributed by atoms with E-state index in [2.05, 4.69) is 5.32 Å². The maximum Gasteiger partial charge on any atom is 0.234 e. The van der Waals surface area contributed by atoms with E-state index in [-0.39, 0.29) is 5.91 Å². The average Bonchev–Trinajstić information content (AvgIpc) is 2.25. The molecule has 1 N–H and O–H groups in total. The zero-order valence-corrected chi connectivity index (χ0v) is 10.6. The van der Waals surface area contributed by atoms with E-state index in [4.69, 9.17) is 9.47 Å². The van der Waals surface area contributed by atoms with Crippen molar-refractivity contribution in [3.63, 3.8) is 0 Å². The van der Waals surface area contributed by atoms with Crippen LogP contribution < -0.4 is 5.32 Å². The van der Waals surface area contributed by atoms with E-state index in [0.29, 0.717) is 19.7 Å². The van der Waals surface area contributed by atoms with Crippen LogP contribution in [-0.2, 0) is 14.3 Å². The molecule has 5 nitrogen and oxygen atoms in total. The molecule has 0 aliphatic rings. The van der Waals surface area contributed by atoms with Crippen LogP contribution in [0.1, 0.15) is 12.8 Å². The molecule has 0 aromatic heterocycles. The number of carbonyl (C=O) groups is 1. The predicted molar refractivity (Wildman–Crippen MR) is 63.5 cm³/mol. The Kier molecular flexibility index (Phi) is 10.4. The standard InChI is InChI=1S/C11H24N2O3/c1-13(7-5-9-16-3)10-11(14)12-6-4-8-15-2/h4-10H2,1-3H3,(H,12,14). The molecule has 96 valence electrons. The Balaban J connectivity index is 3.39. The fraction of sp³-hybridized carbons (Fsp3) is 0.909. The van der Waals surface area contributed by atoms with E-state index in [9.17, 15) is 4.79 Å². The van der Waals surface area contributed by atoms with Gasteiger partial charge in [0.05, 0.1) is 6.54 Å². The van der Waals surface area contributed by atoms with Gasteiger partial charge in [-0.1, -0.05) is 0 Å². The third-order valence-electron chi connectivity index (χ3n) is 2.15. The van der Waals surface area contributed by atoms with Crippen LogP contribution in [0, 0.1) is 0 Å². The molecule has 16 heavy (non-hydrogen) atoms. The molecule has 0 rings (SSSR count). The van der Waals surface area contributed by atoms with E-state index in [0.717, 1.165) is 26.0 Å². The van der Waals surface area contributed by atoms with Crippen molar-refractivity contribution in [1.82, 2.24) is 10.2 Å². The Bertz CT molecular complexity index is 177. The van der Waals surface area contributed by atoms with Gasteiger partial charge in [-0.25, -0.2) is 0 Å². The number of carbonyl (C=O) groups excluding carboxylic acids is 1. The lowest BCUT2D eigenvalue weighted by atomic mass is 10.4. The molecule has 0 saturated carbocycles. The van der Waals surface area contributed by atoms with Crippen molar-refractivity contribution in [1.29, 1.82) is 0 Å². The summed E-state index contributed by atoms with van der Waals surface area (Å²) in [6, 6.07) is 0. The first kappa shape index (κ1) is 15.3. The first-order valence-electron chi connectivity index (χ1n) is 5.63. The van der Waals surface area contributed by atoms with Gasteiger partial charge in [0.1, 0.15) is 0 Å². The number of ether oxygens (including phenoxy) is 2. The molecule has 0 aromatic rings. The monoisotopic (exact) mass is 232 g/mol. The van der Waals surface area contributed by atoms with Crippen molar-refractivity contribution in [3.8, 4) is 0 Å². The number of likely N-dealkylation sites (N-methyl/N-ethyl adjacent to an activating group) is 1. The second kappa shape index (κ2) is 10.9. The SMILES string of the molecule is COCCCNC(=O)CN(C)CCCOC. The molecule has 0 radical (unpaired) electrons. The zero-order valence-electron chi connectivity index (χ0n) is 10.6.